The fourth-order valence-corrected chi connectivity index (χ4v) is 7.31. The molecule has 8 nitrogen and oxygen atoms in total. The smallest absolute Gasteiger partial charge is 0.264 e. The van der Waals surface area contributed by atoms with Gasteiger partial charge in [-0.1, -0.05) is 44.0 Å². The largest absolute Gasteiger partial charge is 0.507 e. The molecule has 3 N–H and O–H groups in total. The Morgan fingerprint density at radius 3 is 2.10 bits per heavy atom. The van der Waals surface area contributed by atoms with Gasteiger partial charge in [-0.2, -0.15) is 8.42 Å². The molecule has 0 amide bonds. The molecule has 4 rings (SSSR count). The van der Waals surface area contributed by atoms with Crippen LogP contribution in [0.3, 0.4) is 0 Å². The monoisotopic (exact) mass is 700 g/mol. The minimum absolute atomic E-state index is 0.0703. The predicted molar refractivity (Wildman–Crippen MR) is 204 cm³/mol. The Morgan fingerprint density at radius 2 is 1.46 bits per heavy atom. The molecule has 3 aromatic carbocycles. The molecule has 0 radical (unpaired) electrons. The van der Waals surface area contributed by atoms with Gasteiger partial charge >= 0.3 is 0 Å². The van der Waals surface area contributed by atoms with Crippen LogP contribution in [0.15, 0.2) is 70.3 Å². The highest BCUT2D eigenvalue weighted by Crippen LogP contribution is 2.34. The van der Waals surface area contributed by atoms with E-state index in [0.29, 0.717) is 60.4 Å². The van der Waals surface area contributed by atoms with E-state index in [-0.39, 0.29) is 23.7 Å². The first-order valence-corrected chi connectivity index (χ1v) is 19.2. The second kappa shape index (κ2) is 16.7. The summed E-state index contributed by atoms with van der Waals surface area (Å²) in [5, 5.41) is 21.7. The van der Waals surface area contributed by atoms with Crippen LogP contribution in [0.1, 0.15) is 85.4 Å². The van der Waals surface area contributed by atoms with Crippen LogP contribution in [0, 0.1) is 27.7 Å². The number of benzene rings is 3. The zero-order chi connectivity index (χ0) is 36.7. The lowest BCUT2D eigenvalue weighted by atomic mass is 9.82. The summed E-state index contributed by atoms with van der Waals surface area (Å²) in [4.78, 5) is 21.5. The zero-order valence-corrected chi connectivity index (χ0v) is 31.4. The first kappa shape index (κ1) is 38.6. The first-order valence-electron chi connectivity index (χ1n) is 17.6. The van der Waals surface area contributed by atoms with Gasteiger partial charge in [0.1, 0.15) is 11.5 Å². The molecule has 0 atom stereocenters. The number of hydrogen-bond acceptors (Lipinski definition) is 7. The standard InChI is InChI=1S/C41H52N2O6S/c1-8-10-17-43(18-11-12-19-50(47,48)49)35-15-13-34(14-16-35)42-38-25-33(23-31-22-28(5)40(45)36(9-2)29(31)6)41(46)37(30(38)7)24-32-21-26(3)20-27(4)39(32)44/h13-16,20-22,25,44-45H,8-12,17-19,23-24H2,1-7H3,(H,47,48,49). The quantitative estimate of drug-likeness (QED) is 0.0824. The maximum atomic E-state index is 14.2. The van der Waals surface area contributed by atoms with Gasteiger partial charge < -0.3 is 15.1 Å². The molecule has 0 unspecified atom stereocenters. The van der Waals surface area contributed by atoms with Gasteiger partial charge in [-0.25, -0.2) is 4.99 Å². The number of rotatable bonds is 15. The number of phenols is 2. The van der Waals surface area contributed by atoms with Crippen LogP contribution in [0.4, 0.5) is 11.4 Å². The van der Waals surface area contributed by atoms with Gasteiger partial charge in [0, 0.05) is 42.8 Å². The first-order chi connectivity index (χ1) is 23.6. The maximum absolute atomic E-state index is 14.2. The van der Waals surface area contributed by atoms with Gasteiger partial charge in [0.05, 0.1) is 17.2 Å². The third-order valence-electron chi connectivity index (χ3n) is 9.65. The van der Waals surface area contributed by atoms with Crippen LogP contribution in [0.2, 0.25) is 0 Å². The van der Waals surface area contributed by atoms with Crippen molar-refractivity contribution in [2.24, 2.45) is 4.99 Å². The van der Waals surface area contributed by atoms with Crippen LogP contribution in [-0.4, -0.2) is 53.5 Å². The summed E-state index contributed by atoms with van der Waals surface area (Å²) >= 11 is 0. The third kappa shape index (κ3) is 9.52. The highest BCUT2D eigenvalue weighted by Gasteiger charge is 2.27. The number of hydrogen-bond donors (Lipinski definition) is 3. The topological polar surface area (TPSA) is 128 Å². The van der Waals surface area contributed by atoms with Gasteiger partial charge in [0.25, 0.3) is 10.1 Å². The molecule has 0 saturated carbocycles. The number of ketones is 1. The number of Topliss-reactive ketones (excluding diaryl/α,β-unsaturated/α-hetero) is 1. The van der Waals surface area contributed by atoms with Crippen molar-refractivity contribution in [3.05, 3.63) is 104 Å². The number of aromatic hydroxyl groups is 2. The molecule has 1 aliphatic carbocycles. The second-order valence-corrected chi connectivity index (χ2v) is 15.1. The minimum atomic E-state index is -3.98. The molecule has 9 heteroatoms. The van der Waals surface area contributed by atoms with Crippen molar-refractivity contribution in [3.63, 3.8) is 0 Å². The summed E-state index contributed by atoms with van der Waals surface area (Å²) in [5.74, 6) is 0.180. The number of anilines is 1. The van der Waals surface area contributed by atoms with Gasteiger partial charge in [-0.15, -0.1) is 0 Å². The van der Waals surface area contributed by atoms with Crippen LogP contribution in [-0.2, 0) is 34.2 Å². The fraction of sp³-hybridized carbons (Fsp3) is 0.415. The molecule has 0 spiro atoms. The number of nitrogens with zero attached hydrogens (tertiary/aromatic N) is 2. The number of aliphatic imine (C=N–C) groups is 1. The van der Waals surface area contributed by atoms with Crippen LogP contribution in [0.25, 0.3) is 0 Å². The lowest BCUT2D eigenvalue weighted by Crippen LogP contribution is -2.26. The van der Waals surface area contributed by atoms with Gasteiger partial charge in [-0.05, 0) is 130 Å². The number of aryl methyl sites for hydroxylation is 3. The predicted octanol–water partition coefficient (Wildman–Crippen LogP) is 8.55. The van der Waals surface area contributed by atoms with Gasteiger partial charge in [0.15, 0.2) is 5.78 Å². The molecular weight excluding hydrogens is 649 g/mol. The summed E-state index contributed by atoms with van der Waals surface area (Å²) in [6.07, 6.45) is 6.26. The van der Waals surface area contributed by atoms with Crippen molar-refractivity contribution in [1.29, 1.82) is 0 Å². The SMILES string of the molecule is CCCCN(CCCCS(=O)(=O)O)c1ccc(N=C2C=C(Cc3cc(C)c(O)c(CC)c3C)C(=O)C(Cc3cc(C)cc(C)c3O)=C2C)cc1. The minimum Gasteiger partial charge on any atom is -0.507 e. The van der Waals surface area contributed by atoms with E-state index in [4.69, 9.17) is 9.55 Å². The van der Waals surface area contributed by atoms with Crippen molar-refractivity contribution in [2.75, 3.05) is 23.7 Å². The number of allylic oxidation sites excluding steroid dienone is 4. The van der Waals surface area contributed by atoms with E-state index < -0.39 is 10.1 Å². The van der Waals surface area contributed by atoms with Crippen LogP contribution >= 0.6 is 0 Å². The fourth-order valence-electron chi connectivity index (χ4n) is 6.74. The number of phenolic OH excluding ortho intramolecular Hbond substituents is 2. The Balaban J connectivity index is 1.73. The van der Waals surface area contributed by atoms with Crippen molar-refractivity contribution < 1.29 is 28.0 Å². The molecule has 1 aliphatic rings. The molecule has 0 saturated heterocycles. The molecular formula is C41H52N2O6S. The third-order valence-corrected chi connectivity index (χ3v) is 10.5. The van der Waals surface area contributed by atoms with Crippen molar-refractivity contribution >= 4 is 33.0 Å². The van der Waals surface area contributed by atoms with Gasteiger partial charge in [0.2, 0.25) is 0 Å². The lowest BCUT2D eigenvalue weighted by Gasteiger charge is -2.25. The highest BCUT2D eigenvalue weighted by molar-refractivity contribution is 7.85. The van der Waals surface area contributed by atoms with Crippen molar-refractivity contribution in [1.82, 2.24) is 0 Å². The van der Waals surface area contributed by atoms with E-state index in [0.717, 1.165) is 69.7 Å². The highest BCUT2D eigenvalue weighted by atomic mass is 32.2. The number of carbonyl (C=O) groups is 1. The van der Waals surface area contributed by atoms with E-state index in [1.54, 1.807) is 0 Å². The molecule has 3 aromatic rings. The Morgan fingerprint density at radius 1 is 0.800 bits per heavy atom. The van der Waals surface area contributed by atoms with Crippen molar-refractivity contribution in [3.8, 4) is 11.5 Å². The van der Waals surface area contributed by atoms with Gasteiger partial charge in [-0.3, -0.25) is 9.35 Å². The van der Waals surface area contributed by atoms with E-state index >= 15 is 0 Å². The van der Waals surface area contributed by atoms with E-state index in [9.17, 15) is 23.4 Å². The number of unbranched alkanes of at least 4 members (excludes halogenated alkanes) is 2. The van der Waals surface area contributed by atoms with Crippen LogP contribution in [0.5, 0.6) is 11.5 Å². The van der Waals surface area contributed by atoms with Crippen LogP contribution < -0.4 is 4.90 Å². The molecule has 268 valence electrons. The van der Waals surface area contributed by atoms with E-state index in [1.807, 2.05) is 90.1 Å². The second-order valence-electron chi connectivity index (χ2n) is 13.6. The lowest BCUT2D eigenvalue weighted by molar-refractivity contribution is -0.112. The molecule has 0 aliphatic heterocycles. The Bertz CT molecular complexity index is 1940. The molecule has 0 aromatic heterocycles. The Kier molecular flexibility index (Phi) is 12.9. The molecule has 0 fully saturated rings. The summed E-state index contributed by atoms with van der Waals surface area (Å²) in [6.45, 7) is 15.3. The van der Waals surface area contributed by atoms with E-state index in [2.05, 4.69) is 11.8 Å². The molecule has 50 heavy (non-hydrogen) atoms. The van der Waals surface area contributed by atoms with E-state index in [1.165, 1.54) is 0 Å². The Labute approximate surface area is 298 Å². The summed E-state index contributed by atoms with van der Waals surface area (Å²) in [7, 11) is -3.98. The average molecular weight is 701 g/mol. The summed E-state index contributed by atoms with van der Waals surface area (Å²) < 4.78 is 31.5. The number of carbonyl (C=O) groups excluding carboxylic acids is 1. The average Bonchev–Trinajstić information content (AvgIpc) is 3.06. The normalized spacial score (nSPS) is 14.4. The summed E-state index contributed by atoms with van der Waals surface area (Å²) in [5.41, 5.74) is 10.5. The summed E-state index contributed by atoms with van der Waals surface area (Å²) in [6, 6.07) is 13.7. The maximum Gasteiger partial charge on any atom is 0.264 e. The Hall–Kier alpha value is -4.21. The molecule has 0 heterocycles. The zero-order valence-electron chi connectivity index (χ0n) is 30.6. The molecule has 0 bridgehead atoms. The van der Waals surface area contributed by atoms with Crippen molar-refractivity contribution in [2.45, 2.75) is 93.4 Å².